The molecule has 0 amide bonds. The molecule has 0 unspecified atom stereocenters. The van der Waals surface area contributed by atoms with Crippen molar-refractivity contribution in [1.82, 2.24) is 9.27 Å². The van der Waals surface area contributed by atoms with E-state index in [1.807, 2.05) is 38.1 Å². The van der Waals surface area contributed by atoms with Crippen molar-refractivity contribution in [2.24, 2.45) is 0 Å². The molecule has 0 radical (unpaired) electrons. The second kappa shape index (κ2) is 1.88. The van der Waals surface area contributed by atoms with Crippen LogP contribution in [0, 0.1) is 0 Å². The number of rotatable bonds is 1. The Kier molecular flexibility index (Phi) is 1.06. The summed E-state index contributed by atoms with van der Waals surface area (Å²) in [5.74, 6) is 0. The van der Waals surface area contributed by atoms with Gasteiger partial charge in [0.2, 0.25) is 0 Å². The summed E-state index contributed by atoms with van der Waals surface area (Å²) in [7, 11) is 6.08. The van der Waals surface area contributed by atoms with Crippen LogP contribution in [-0.4, -0.2) is 25.8 Å². The molecule has 0 atom stereocenters. The molecule has 0 aromatic carbocycles. The van der Waals surface area contributed by atoms with Gasteiger partial charge >= 0.3 is 0 Å². The van der Waals surface area contributed by atoms with Crippen molar-refractivity contribution in [3.8, 4) is 0 Å². The van der Waals surface area contributed by atoms with Crippen molar-refractivity contribution < 1.29 is 1.37 Å². The highest BCUT2D eigenvalue weighted by Gasteiger charge is 2.05. The first-order chi connectivity index (χ1) is 4.52. The molecule has 0 aliphatic rings. The van der Waals surface area contributed by atoms with E-state index in [0.717, 1.165) is 0 Å². The molecule has 0 aliphatic carbocycles. The van der Waals surface area contributed by atoms with Gasteiger partial charge in [0.1, 0.15) is 0 Å². The quantitative estimate of drug-likeness (QED) is 0.491. The Labute approximate surface area is 57.3 Å². The topological polar surface area (TPSA) is 4.93 Å². The molecular formula is C7H13N2+. The third-order valence-corrected chi connectivity index (χ3v) is 1.18. The first-order valence-electron chi connectivity index (χ1n) is 3.48. The van der Waals surface area contributed by atoms with Crippen LogP contribution in [0.2, 0.25) is 0 Å². The number of hydrogen-bond donors (Lipinski definition) is 0. The summed E-state index contributed by atoms with van der Waals surface area (Å²) in [6.07, 6.45) is 2.45. The van der Waals surface area contributed by atoms with E-state index in [-0.39, 0.29) is 0 Å². The zero-order chi connectivity index (χ0) is 7.78. The first kappa shape index (κ1) is 5.06. The summed E-state index contributed by atoms with van der Waals surface area (Å²) >= 11 is 0. The average molecular weight is 126 g/mol. The van der Waals surface area contributed by atoms with Gasteiger partial charge in [0, 0.05) is 0 Å². The summed E-state index contributed by atoms with van der Waals surface area (Å²) in [4.78, 5) is 0. The Morgan fingerprint density at radius 2 is 2.00 bits per heavy atom. The van der Waals surface area contributed by atoms with Crippen molar-refractivity contribution in [2.75, 3.05) is 21.1 Å². The van der Waals surface area contributed by atoms with Gasteiger partial charge in [0.05, 0.1) is 34.9 Å². The van der Waals surface area contributed by atoms with E-state index in [4.69, 9.17) is 1.37 Å². The van der Waals surface area contributed by atoms with Crippen LogP contribution in [0.15, 0.2) is 24.5 Å². The molecule has 2 nitrogen and oxygen atoms in total. The van der Waals surface area contributed by atoms with Crippen LogP contribution in [0.5, 0.6) is 0 Å². The molecule has 2 heteroatoms. The van der Waals surface area contributed by atoms with Crippen molar-refractivity contribution in [2.45, 2.75) is 0 Å². The van der Waals surface area contributed by atoms with Gasteiger partial charge in [-0.25, -0.2) is 9.27 Å². The van der Waals surface area contributed by atoms with Crippen molar-refractivity contribution in [3.05, 3.63) is 24.5 Å². The van der Waals surface area contributed by atoms with E-state index in [9.17, 15) is 0 Å². The molecular weight excluding hydrogens is 112 g/mol. The molecule has 0 saturated carbocycles. The molecule has 50 valence electrons. The van der Waals surface area contributed by atoms with Gasteiger partial charge in [-0.05, 0) is 12.1 Å². The maximum Gasteiger partial charge on any atom is 0.0907 e. The highest BCUT2D eigenvalue weighted by atomic mass is 15.6. The summed E-state index contributed by atoms with van der Waals surface area (Å²) in [5, 5.41) is 0. The second-order valence-corrected chi connectivity index (χ2v) is 2.92. The van der Waals surface area contributed by atoms with E-state index < -0.39 is 0 Å². The molecule has 1 heterocycles. The van der Waals surface area contributed by atoms with E-state index in [1.165, 1.54) is 0 Å². The fourth-order valence-electron chi connectivity index (χ4n) is 0.660. The minimum atomic E-state index is 0.549. The zero-order valence-electron chi connectivity index (χ0n) is 7.13. The summed E-state index contributed by atoms with van der Waals surface area (Å²) in [6, 6.07) is 3.66. The van der Waals surface area contributed by atoms with E-state index in [2.05, 4.69) is 0 Å². The second-order valence-electron chi connectivity index (χ2n) is 2.92. The normalized spacial score (nSPS) is 13.4. The van der Waals surface area contributed by atoms with Crippen LogP contribution in [-0.2, 0) is 0 Å². The minimum Gasteiger partial charge on any atom is -0.224 e. The molecule has 0 fully saturated rings. The Morgan fingerprint density at radius 3 is 2.22 bits per heavy atom. The number of hydrogen-bond acceptors (Lipinski definition) is 0. The Bertz CT molecular complexity index is 222. The van der Waals surface area contributed by atoms with Crippen LogP contribution in [0.3, 0.4) is 0 Å². The predicted molar refractivity (Wildman–Crippen MR) is 39.7 cm³/mol. The maximum atomic E-state index is 7.45. The molecule has 0 aliphatic heterocycles. The fourth-order valence-corrected chi connectivity index (χ4v) is 0.660. The number of nitrogens with zero attached hydrogens (tertiary/aromatic N) is 2. The lowest BCUT2D eigenvalue weighted by Gasteiger charge is -2.23. The Hall–Kier alpha value is -0.760. The van der Waals surface area contributed by atoms with Crippen molar-refractivity contribution >= 4 is 0 Å². The Morgan fingerprint density at radius 1 is 1.33 bits per heavy atom. The summed E-state index contributed by atoms with van der Waals surface area (Å²) in [6.45, 7) is 0. The van der Waals surface area contributed by atoms with Gasteiger partial charge in [0.25, 0.3) is 0 Å². The summed E-state index contributed by atoms with van der Waals surface area (Å²) in [5.41, 5.74) is 0. The lowest BCUT2D eigenvalue weighted by atomic mass is 10.7. The van der Waals surface area contributed by atoms with Crippen LogP contribution < -0.4 is 4.59 Å². The van der Waals surface area contributed by atoms with Gasteiger partial charge in [-0.3, -0.25) is 0 Å². The van der Waals surface area contributed by atoms with Crippen molar-refractivity contribution in [1.29, 1.82) is 0 Å². The highest BCUT2D eigenvalue weighted by Crippen LogP contribution is 1.93. The Balaban J connectivity index is 3.05. The average Bonchev–Trinajstić information content (AvgIpc) is 2.11. The maximum absolute atomic E-state index is 7.45. The number of aromatic nitrogens is 1. The van der Waals surface area contributed by atoms with Gasteiger partial charge in [0.15, 0.2) is 0 Å². The molecule has 0 N–H and O–H groups in total. The largest absolute Gasteiger partial charge is 0.224 e. The molecule has 1 aromatic rings. The molecule has 0 spiro atoms. The van der Waals surface area contributed by atoms with E-state index >= 15 is 0 Å². The standard InChI is InChI=1S/C7H13N2/c1-9(2,3)8-6-4-5-7-8/h4-7H,1-3H3/q+1/i6D. The molecule has 0 bridgehead atoms. The lowest BCUT2D eigenvalue weighted by molar-refractivity contribution is 0.260. The summed E-state index contributed by atoms with van der Waals surface area (Å²) < 4.78 is 9.97. The SMILES string of the molecule is [2H]c1cccn1[N+](C)(C)C. The van der Waals surface area contributed by atoms with Gasteiger partial charge in [-0.15, -0.1) is 0 Å². The van der Waals surface area contributed by atoms with Crippen LogP contribution in [0.25, 0.3) is 0 Å². The fraction of sp³-hybridized carbons (Fsp3) is 0.429. The third kappa shape index (κ3) is 1.33. The first-order valence-corrected chi connectivity index (χ1v) is 2.98. The van der Waals surface area contributed by atoms with Crippen LogP contribution in [0.1, 0.15) is 1.37 Å². The van der Waals surface area contributed by atoms with Crippen LogP contribution >= 0.6 is 0 Å². The monoisotopic (exact) mass is 126 g/mol. The third-order valence-electron chi connectivity index (χ3n) is 1.18. The van der Waals surface area contributed by atoms with Gasteiger partial charge in [-0.1, -0.05) is 0 Å². The number of quaternary nitrogens is 1. The van der Waals surface area contributed by atoms with E-state index in [1.54, 1.807) is 6.07 Å². The molecule has 9 heavy (non-hydrogen) atoms. The lowest BCUT2D eigenvalue weighted by Crippen LogP contribution is -2.45. The van der Waals surface area contributed by atoms with Gasteiger partial charge < -0.3 is 0 Å². The predicted octanol–water partition coefficient (Wildman–Crippen LogP) is 0.816. The van der Waals surface area contributed by atoms with Gasteiger partial charge in [-0.2, -0.15) is 0 Å². The van der Waals surface area contributed by atoms with Crippen LogP contribution in [0.4, 0.5) is 0 Å². The molecule has 0 saturated heterocycles. The molecule has 1 rings (SSSR count). The zero-order valence-corrected chi connectivity index (χ0v) is 6.13. The minimum absolute atomic E-state index is 0.549. The smallest absolute Gasteiger partial charge is 0.0907 e. The molecule has 1 aromatic heterocycles. The highest BCUT2D eigenvalue weighted by molar-refractivity contribution is 4.92. The van der Waals surface area contributed by atoms with E-state index in [0.29, 0.717) is 10.8 Å². The van der Waals surface area contributed by atoms with Crippen molar-refractivity contribution in [3.63, 3.8) is 0 Å².